The molecule has 30 heavy (non-hydrogen) atoms. The van der Waals surface area contributed by atoms with E-state index >= 15 is 0 Å². The molecule has 0 spiro atoms. The standard InChI is InChI=1S/C25H37NO3S/c1-15(2)14-30-26-23(28)21(20-17(4)11-16(3)12-18(20)5)22(25(26,9)10)29-19(27)13-24(6,7)8/h11-12,15H,13-14H2,1-10H3. The lowest BCUT2D eigenvalue weighted by Crippen LogP contribution is -2.40. The van der Waals surface area contributed by atoms with E-state index < -0.39 is 5.54 Å². The summed E-state index contributed by atoms with van der Waals surface area (Å²) < 4.78 is 7.77. The van der Waals surface area contributed by atoms with Crippen LogP contribution in [-0.2, 0) is 14.3 Å². The Kier molecular flexibility index (Phi) is 7.17. The highest BCUT2D eigenvalue weighted by atomic mass is 32.2. The molecular weight excluding hydrogens is 394 g/mol. The lowest BCUT2D eigenvalue weighted by molar-refractivity contribution is -0.143. The van der Waals surface area contributed by atoms with Crippen LogP contribution in [-0.4, -0.2) is 27.5 Å². The van der Waals surface area contributed by atoms with Crippen LogP contribution in [0.25, 0.3) is 5.57 Å². The summed E-state index contributed by atoms with van der Waals surface area (Å²) in [5.41, 5.74) is 3.68. The van der Waals surface area contributed by atoms with Crippen molar-refractivity contribution >= 4 is 29.4 Å². The topological polar surface area (TPSA) is 46.6 Å². The molecule has 0 N–H and O–H groups in total. The Hall–Kier alpha value is -1.75. The molecule has 0 radical (unpaired) electrons. The van der Waals surface area contributed by atoms with E-state index in [0.717, 1.165) is 28.0 Å². The van der Waals surface area contributed by atoms with E-state index in [1.54, 1.807) is 4.31 Å². The first-order valence-corrected chi connectivity index (χ1v) is 11.6. The predicted molar refractivity (Wildman–Crippen MR) is 126 cm³/mol. The fourth-order valence-electron chi connectivity index (χ4n) is 3.85. The minimum atomic E-state index is -0.719. The largest absolute Gasteiger partial charge is 0.428 e. The second-order valence-corrected chi connectivity index (χ2v) is 11.5. The quantitative estimate of drug-likeness (QED) is 0.396. The van der Waals surface area contributed by atoms with Gasteiger partial charge < -0.3 is 4.74 Å². The third-order valence-electron chi connectivity index (χ3n) is 5.04. The molecule has 2 rings (SSSR count). The SMILES string of the molecule is Cc1cc(C)c(C2=C(OC(=O)CC(C)(C)C)C(C)(C)N(SCC(C)C)C2=O)c(C)c1. The first-order chi connectivity index (χ1) is 13.6. The molecule has 0 fully saturated rings. The fourth-order valence-corrected chi connectivity index (χ4v) is 4.91. The molecule has 0 saturated carbocycles. The molecule has 1 aromatic carbocycles. The zero-order valence-corrected chi connectivity index (χ0v) is 21.0. The molecule has 5 heteroatoms. The van der Waals surface area contributed by atoms with Crippen molar-refractivity contribution in [2.24, 2.45) is 11.3 Å². The summed E-state index contributed by atoms with van der Waals surface area (Å²) in [7, 11) is 0. The maximum absolute atomic E-state index is 13.7. The lowest BCUT2D eigenvalue weighted by Gasteiger charge is -2.32. The number of amides is 1. The van der Waals surface area contributed by atoms with Crippen molar-refractivity contribution in [1.29, 1.82) is 0 Å². The molecule has 1 aliphatic heterocycles. The smallest absolute Gasteiger partial charge is 0.311 e. The second-order valence-electron chi connectivity index (χ2n) is 10.5. The summed E-state index contributed by atoms with van der Waals surface area (Å²) in [4.78, 5) is 26.4. The molecule has 1 aliphatic rings. The molecule has 4 nitrogen and oxygen atoms in total. The molecular formula is C25H37NO3S. The van der Waals surface area contributed by atoms with Gasteiger partial charge in [0, 0.05) is 5.75 Å². The molecule has 0 bridgehead atoms. The molecule has 1 heterocycles. The molecule has 0 aliphatic carbocycles. The normalized spacial score (nSPS) is 16.6. The Balaban J connectivity index is 2.62. The van der Waals surface area contributed by atoms with Crippen molar-refractivity contribution in [3.63, 3.8) is 0 Å². The summed E-state index contributed by atoms with van der Waals surface area (Å²) >= 11 is 1.52. The van der Waals surface area contributed by atoms with Crippen molar-refractivity contribution in [3.05, 3.63) is 40.1 Å². The fraction of sp³-hybridized carbons (Fsp3) is 0.600. The van der Waals surface area contributed by atoms with Gasteiger partial charge in [-0.1, -0.05) is 52.3 Å². The van der Waals surface area contributed by atoms with Gasteiger partial charge in [0.2, 0.25) is 0 Å². The number of esters is 1. The Morgan fingerprint density at radius 3 is 2.13 bits per heavy atom. The highest BCUT2D eigenvalue weighted by Gasteiger charge is 2.49. The van der Waals surface area contributed by atoms with Crippen LogP contribution in [0, 0.1) is 32.1 Å². The predicted octanol–water partition coefficient (Wildman–Crippen LogP) is 6.23. The van der Waals surface area contributed by atoms with Crippen molar-refractivity contribution in [2.75, 3.05) is 5.75 Å². The maximum Gasteiger partial charge on any atom is 0.311 e. The number of aryl methyl sites for hydroxylation is 3. The van der Waals surface area contributed by atoms with Crippen LogP contribution in [0.5, 0.6) is 0 Å². The summed E-state index contributed by atoms with van der Waals surface area (Å²) in [5.74, 6) is 1.34. The zero-order valence-electron chi connectivity index (χ0n) is 20.2. The Labute approximate surface area is 186 Å². The lowest BCUT2D eigenvalue weighted by atomic mass is 9.91. The number of carbonyl (C=O) groups is 2. The number of nitrogens with zero attached hydrogens (tertiary/aromatic N) is 1. The summed E-state index contributed by atoms with van der Waals surface area (Å²) in [6.45, 7) is 20.3. The van der Waals surface area contributed by atoms with Crippen LogP contribution in [0.1, 0.15) is 77.1 Å². The summed E-state index contributed by atoms with van der Waals surface area (Å²) in [6, 6.07) is 4.16. The van der Waals surface area contributed by atoms with Crippen molar-refractivity contribution in [1.82, 2.24) is 4.31 Å². The highest BCUT2D eigenvalue weighted by molar-refractivity contribution is 7.97. The van der Waals surface area contributed by atoms with Gasteiger partial charge >= 0.3 is 5.97 Å². The average molecular weight is 432 g/mol. The number of hydrogen-bond donors (Lipinski definition) is 0. The van der Waals surface area contributed by atoms with Gasteiger partial charge in [0.15, 0.2) is 0 Å². The van der Waals surface area contributed by atoms with Crippen LogP contribution >= 0.6 is 11.9 Å². The van der Waals surface area contributed by atoms with Crippen molar-refractivity contribution < 1.29 is 14.3 Å². The van der Waals surface area contributed by atoms with Gasteiger partial charge in [0.25, 0.3) is 5.91 Å². The monoisotopic (exact) mass is 431 g/mol. The van der Waals surface area contributed by atoms with E-state index in [2.05, 4.69) is 26.0 Å². The summed E-state index contributed by atoms with van der Waals surface area (Å²) in [5, 5.41) is 0. The average Bonchev–Trinajstić information content (AvgIpc) is 2.70. The maximum atomic E-state index is 13.7. The van der Waals surface area contributed by atoms with E-state index in [1.165, 1.54) is 11.9 Å². The van der Waals surface area contributed by atoms with Gasteiger partial charge in [-0.3, -0.25) is 13.9 Å². The number of benzene rings is 1. The van der Waals surface area contributed by atoms with Crippen LogP contribution in [0.4, 0.5) is 0 Å². The van der Waals surface area contributed by atoms with Gasteiger partial charge in [-0.15, -0.1) is 0 Å². The van der Waals surface area contributed by atoms with Gasteiger partial charge in [-0.2, -0.15) is 0 Å². The Morgan fingerprint density at radius 1 is 1.13 bits per heavy atom. The summed E-state index contributed by atoms with van der Waals surface area (Å²) in [6.07, 6.45) is 0.291. The van der Waals surface area contributed by atoms with Gasteiger partial charge in [-0.05, 0) is 74.6 Å². The number of hydrogen-bond acceptors (Lipinski definition) is 4. The molecule has 0 aromatic heterocycles. The minimum Gasteiger partial charge on any atom is -0.428 e. The zero-order chi connectivity index (χ0) is 23.0. The number of rotatable bonds is 6. The molecule has 0 atom stereocenters. The second kappa shape index (κ2) is 8.78. The van der Waals surface area contributed by atoms with E-state index in [4.69, 9.17) is 4.74 Å². The van der Waals surface area contributed by atoms with Crippen LogP contribution < -0.4 is 0 Å². The minimum absolute atomic E-state index is 0.0840. The van der Waals surface area contributed by atoms with Gasteiger partial charge in [0.1, 0.15) is 11.3 Å². The van der Waals surface area contributed by atoms with Crippen molar-refractivity contribution in [3.8, 4) is 0 Å². The molecule has 166 valence electrons. The van der Waals surface area contributed by atoms with Gasteiger partial charge in [-0.25, -0.2) is 0 Å². The third-order valence-corrected chi connectivity index (χ3v) is 6.74. The van der Waals surface area contributed by atoms with E-state index in [9.17, 15) is 9.59 Å². The molecule has 1 amide bonds. The third kappa shape index (κ3) is 5.29. The first-order valence-electron chi connectivity index (χ1n) is 10.7. The Morgan fingerprint density at radius 2 is 1.67 bits per heavy atom. The molecule has 1 aromatic rings. The van der Waals surface area contributed by atoms with Crippen LogP contribution in [0.3, 0.4) is 0 Å². The van der Waals surface area contributed by atoms with Crippen LogP contribution in [0.2, 0.25) is 0 Å². The van der Waals surface area contributed by atoms with E-state index in [1.807, 2.05) is 55.4 Å². The molecule has 0 unspecified atom stereocenters. The number of carbonyl (C=O) groups excluding carboxylic acids is 2. The van der Waals surface area contributed by atoms with Crippen LogP contribution in [0.15, 0.2) is 17.9 Å². The molecule has 0 saturated heterocycles. The Bertz CT molecular complexity index is 852. The number of ether oxygens (including phenoxy) is 1. The highest BCUT2D eigenvalue weighted by Crippen LogP contribution is 2.46. The van der Waals surface area contributed by atoms with E-state index in [0.29, 0.717) is 23.7 Å². The first kappa shape index (κ1) is 24.5. The van der Waals surface area contributed by atoms with Gasteiger partial charge in [0.05, 0.1) is 12.0 Å². The van der Waals surface area contributed by atoms with Crippen molar-refractivity contribution in [2.45, 2.75) is 81.2 Å². The van der Waals surface area contributed by atoms with E-state index in [-0.39, 0.29) is 17.3 Å².